The SMILES string of the molecule is CNC(=O)c1ccc(-c2cnc3ncc(CC4=CC=CC5=CCC=CN54)n3n2)cc1Cl. The molecule has 3 aromatic rings. The zero-order valence-electron chi connectivity index (χ0n) is 16.8. The number of nitrogens with one attached hydrogen (secondary N) is 1. The first-order valence-electron chi connectivity index (χ1n) is 9.89. The maximum Gasteiger partial charge on any atom is 0.252 e. The number of carbonyl (C=O) groups is 1. The third-order valence-corrected chi connectivity index (χ3v) is 5.57. The Morgan fingerprint density at radius 1 is 1.26 bits per heavy atom. The van der Waals surface area contributed by atoms with Gasteiger partial charge in [0.1, 0.15) is 5.69 Å². The molecule has 31 heavy (non-hydrogen) atoms. The smallest absolute Gasteiger partial charge is 0.252 e. The first kappa shape index (κ1) is 19.3. The largest absolute Gasteiger partial charge is 0.355 e. The van der Waals surface area contributed by atoms with Gasteiger partial charge in [-0.2, -0.15) is 5.10 Å². The van der Waals surface area contributed by atoms with Crippen LogP contribution < -0.4 is 5.32 Å². The summed E-state index contributed by atoms with van der Waals surface area (Å²) < 4.78 is 1.76. The van der Waals surface area contributed by atoms with Crippen molar-refractivity contribution >= 4 is 23.3 Å². The number of benzene rings is 1. The Kier molecular flexibility index (Phi) is 4.88. The van der Waals surface area contributed by atoms with Crippen LogP contribution in [-0.4, -0.2) is 37.4 Å². The van der Waals surface area contributed by atoms with E-state index in [2.05, 4.69) is 56.8 Å². The maximum atomic E-state index is 11.9. The molecular weight excluding hydrogens is 412 g/mol. The Labute approximate surface area is 184 Å². The highest BCUT2D eigenvalue weighted by atomic mass is 35.5. The maximum absolute atomic E-state index is 11.9. The number of carbonyl (C=O) groups excluding carboxylic acids is 1. The second-order valence-corrected chi connectivity index (χ2v) is 7.60. The van der Waals surface area contributed by atoms with Crippen LogP contribution in [-0.2, 0) is 6.42 Å². The summed E-state index contributed by atoms with van der Waals surface area (Å²) in [7, 11) is 1.57. The zero-order valence-corrected chi connectivity index (χ0v) is 17.5. The summed E-state index contributed by atoms with van der Waals surface area (Å²) >= 11 is 6.32. The van der Waals surface area contributed by atoms with Crippen molar-refractivity contribution in [2.75, 3.05) is 7.05 Å². The topological polar surface area (TPSA) is 75.4 Å². The number of amides is 1. The molecule has 0 saturated carbocycles. The Morgan fingerprint density at radius 2 is 2.13 bits per heavy atom. The van der Waals surface area contributed by atoms with E-state index in [0.29, 0.717) is 28.5 Å². The van der Waals surface area contributed by atoms with Crippen molar-refractivity contribution < 1.29 is 4.79 Å². The molecule has 0 aliphatic carbocycles. The molecule has 8 heteroatoms. The molecule has 154 valence electrons. The second kappa shape index (κ2) is 7.85. The molecule has 1 aromatic carbocycles. The van der Waals surface area contributed by atoms with Crippen LogP contribution in [0.4, 0.5) is 0 Å². The molecule has 7 nitrogen and oxygen atoms in total. The molecule has 0 spiro atoms. The van der Waals surface area contributed by atoms with Crippen LogP contribution in [0, 0.1) is 0 Å². The quantitative estimate of drug-likeness (QED) is 0.679. The molecular formula is C23H19ClN6O. The number of halogens is 1. The van der Waals surface area contributed by atoms with Gasteiger partial charge in [0, 0.05) is 36.6 Å². The van der Waals surface area contributed by atoms with E-state index < -0.39 is 0 Å². The molecule has 0 atom stereocenters. The van der Waals surface area contributed by atoms with Gasteiger partial charge in [0.15, 0.2) is 0 Å². The van der Waals surface area contributed by atoms with E-state index in [1.165, 1.54) is 5.70 Å². The first-order valence-corrected chi connectivity index (χ1v) is 10.3. The molecule has 2 aliphatic heterocycles. The highest BCUT2D eigenvalue weighted by Gasteiger charge is 2.18. The summed E-state index contributed by atoms with van der Waals surface area (Å²) in [6.45, 7) is 0. The average molecular weight is 431 g/mol. The lowest BCUT2D eigenvalue weighted by atomic mass is 10.1. The van der Waals surface area contributed by atoms with Gasteiger partial charge in [0.05, 0.1) is 28.7 Å². The fourth-order valence-electron chi connectivity index (χ4n) is 3.68. The van der Waals surface area contributed by atoms with Gasteiger partial charge < -0.3 is 10.2 Å². The number of rotatable bonds is 4. The molecule has 1 N–H and O–H groups in total. The number of hydrogen-bond donors (Lipinski definition) is 1. The second-order valence-electron chi connectivity index (χ2n) is 7.19. The summed E-state index contributed by atoms with van der Waals surface area (Å²) in [6, 6.07) is 5.22. The van der Waals surface area contributed by atoms with Crippen LogP contribution in [0.25, 0.3) is 17.0 Å². The highest BCUT2D eigenvalue weighted by Crippen LogP contribution is 2.27. The van der Waals surface area contributed by atoms with Gasteiger partial charge in [-0.05, 0) is 30.7 Å². The zero-order chi connectivity index (χ0) is 21.4. The molecule has 0 fully saturated rings. The number of aromatic nitrogens is 4. The van der Waals surface area contributed by atoms with Gasteiger partial charge in [-0.3, -0.25) is 4.79 Å². The van der Waals surface area contributed by atoms with Gasteiger partial charge in [-0.1, -0.05) is 35.9 Å². The third-order valence-electron chi connectivity index (χ3n) is 5.26. The van der Waals surface area contributed by atoms with Crippen LogP contribution in [0.3, 0.4) is 0 Å². The van der Waals surface area contributed by atoms with E-state index in [1.807, 2.05) is 6.07 Å². The molecule has 0 unspecified atom stereocenters. The van der Waals surface area contributed by atoms with Crippen molar-refractivity contribution in [2.24, 2.45) is 0 Å². The Morgan fingerprint density at radius 3 is 2.97 bits per heavy atom. The predicted molar refractivity (Wildman–Crippen MR) is 119 cm³/mol. The van der Waals surface area contributed by atoms with Crippen LogP contribution in [0.15, 0.2) is 78.6 Å². The predicted octanol–water partition coefficient (Wildman–Crippen LogP) is 3.90. The summed E-state index contributed by atoms with van der Waals surface area (Å²) in [6.07, 6.45) is 17.7. The van der Waals surface area contributed by atoms with Crippen LogP contribution in [0.2, 0.25) is 5.02 Å². The van der Waals surface area contributed by atoms with Crippen LogP contribution >= 0.6 is 11.6 Å². The molecule has 4 heterocycles. The lowest BCUT2D eigenvalue weighted by Gasteiger charge is -2.29. The first-order chi connectivity index (χ1) is 15.1. The average Bonchev–Trinajstić information content (AvgIpc) is 3.20. The summed E-state index contributed by atoms with van der Waals surface area (Å²) in [5, 5.41) is 7.69. The van der Waals surface area contributed by atoms with E-state index >= 15 is 0 Å². The lowest BCUT2D eigenvalue weighted by Crippen LogP contribution is -2.21. The fraction of sp³-hybridized carbons (Fsp3) is 0.130. The van der Waals surface area contributed by atoms with Crippen molar-refractivity contribution in [3.8, 4) is 11.3 Å². The Hall–Kier alpha value is -3.71. The molecule has 0 radical (unpaired) electrons. The summed E-state index contributed by atoms with van der Waals surface area (Å²) in [5.41, 5.74) is 5.07. The van der Waals surface area contributed by atoms with Crippen LogP contribution in [0.5, 0.6) is 0 Å². The number of fused-ring (bicyclic) bond motifs is 2. The summed E-state index contributed by atoms with van der Waals surface area (Å²) in [4.78, 5) is 22.9. The number of nitrogens with zero attached hydrogens (tertiary/aromatic N) is 5. The molecule has 2 aromatic heterocycles. The van der Waals surface area contributed by atoms with Gasteiger partial charge >= 0.3 is 0 Å². The number of allylic oxidation sites excluding steroid dienone is 6. The van der Waals surface area contributed by atoms with E-state index in [4.69, 9.17) is 16.7 Å². The molecule has 5 rings (SSSR count). The van der Waals surface area contributed by atoms with Gasteiger partial charge in [-0.15, -0.1) is 0 Å². The van der Waals surface area contributed by atoms with Crippen LogP contribution in [0.1, 0.15) is 22.5 Å². The van der Waals surface area contributed by atoms with E-state index in [0.717, 1.165) is 23.4 Å². The van der Waals surface area contributed by atoms with Crippen molar-refractivity contribution in [1.82, 2.24) is 29.8 Å². The summed E-state index contributed by atoms with van der Waals surface area (Å²) in [5.74, 6) is 0.300. The van der Waals surface area contributed by atoms with Crippen molar-refractivity contribution in [3.63, 3.8) is 0 Å². The normalized spacial score (nSPS) is 15.0. The Balaban J connectivity index is 1.49. The van der Waals surface area contributed by atoms with E-state index in [-0.39, 0.29) is 5.91 Å². The Bertz CT molecular complexity index is 1320. The highest BCUT2D eigenvalue weighted by molar-refractivity contribution is 6.34. The lowest BCUT2D eigenvalue weighted by molar-refractivity contribution is 0.0963. The monoisotopic (exact) mass is 430 g/mol. The van der Waals surface area contributed by atoms with Crippen molar-refractivity contribution in [2.45, 2.75) is 12.8 Å². The van der Waals surface area contributed by atoms with Gasteiger partial charge in [0.2, 0.25) is 0 Å². The van der Waals surface area contributed by atoms with Gasteiger partial charge in [-0.25, -0.2) is 14.5 Å². The molecule has 2 aliphatic rings. The van der Waals surface area contributed by atoms with E-state index in [9.17, 15) is 4.79 Å². The molecule has 0 bridgehead atoms. The number of hydrogen-bond acceptors (Lipinski definition) is 5. The minimum absolute atomic E-state index is 0.232. The van der Waals surface area contributed by atoms with Crippen molar-refractivity contribution in [3.05, 3.63) is 94.8 Å². The fourth-order valence-corrected chi connectivity index (χ4v) is 3.95. The minimum atomic E-state index is -0.232. The minimum Gasteiger partial charge on any atom is -0.355 e. The van der Waals surface area contributed by atoms with E-state index in [1.54, 1.807) is 36.1 Å². The number of imidazole rings is 1. The standard InChI is InChI=1S/C23H19ClN6O/c1-25-22(31)19-9-8-15(11-20(19)24)21-14-27-23-26-13-18(30(23)28-21)12-17-7-4-6-16-5-2-3-10-29(16)17/h3-11,13-14H,2,12H2,1H3,(H,25,31). The third kappa shape index (κ3) is 3.53. The molecule has 0 saturated heterocycles. The molecule has 1 amide bonds. The van der Waals surface area contributed by atoms with Crippen molar-refractivity contribution in [1.29, 1.82) is 0 Å². The van der Waals surface area contributed by atoms with Gasteiger partial charge in [0.25, 0.3) is 11.7 Å².